The van der Waals surface area contributed by atoms with Gasteiger partial charge in [0.05, 0.1) is 0 Å². The van der Waals surface area contributed by atoms with Crippen molar-refractivity contribution in [2.45, 2.75) is 59.6 Å². The summed E-state index contributed by atoms with van der Waals surface area (Å²) in [5.74, 6) is 0. The van der Waals surface area contributed by atoms with E-state index in [2.05, 4.69) is 0 Å². The fourth-order valence-electron chi connectivity index (χ4n) is 1.19. The Morgan fingerprint density at radius 2 is 1.57 bits per heavy atom. The monoisotopic (exact) mass is 201 g/mol. The predicted octanol–water partition coefficient (Wildman–Crippen LogP) is 3.04. The summed E-state index contributed by atoms with van der Waals surface area (Å²) in [5.41, 5.74) is -0.604. The highest BCUT2D eigenvalue weighted by Gasteiger charge is 2.28. The molecule has 1 amide bonds. The molecule has 3 nitrogen and oxygen atoms in total. The Bertz CT molecular complexity index is 198. The summed E-state index contributed by atoms with van der Waals surface area (Å²) >= 11 is 0. The number of carbonyl (C=O) groups is 1. The summed E-state index contributed by atoms with van der Waals surface area (Å²) in [6.45, 7) is 14.2. The van der Waals surface area contributed by atoms with Crippen molar-refractivity contribution in [1.29, 1.82) is 0 Å². The average molecular weight is 201 g/mol. The molecule has 0 rings (SSSR count). The molecule has 0 aliphatic carbocycles. The first kappa shape index (κ1) is 13.3. The minimum absolute atomic E-state index is 0.183. The topological polar surface area (TPSA) is 29.5 Å². The largest absolute Gasteiger partial charge is 0.444 e. The van der Waals surface area contributed by atoms with Crippen molar-refractivity contribution in [3.05, 3.63) is 0 Å². The van der Waals surface area contributed by atoms with E-state index in [1.54, 1.807) is 4.90 Å². The second-order valence-corrected chi connectivity index (χ2v) is 5.40. The van der Waals surface area contributed by atoms with Crippen molar-refractivity contribution in [2.75, 3.05) is 6.54 Å². The molecule has 0 bridgehead atoms. The molecule has 0 aromatic heterocycles. The molecule has 0 aliphatic heterocycles. The number of rotatable bonds is 1. The number of nitrogens with zero attached hydrogens (tertiary/aromatic N) is 1. The van der Waals surface area contributed by atoms with Crippen LogP contribution in [0.2, 0.25) is 0 Å². The van der Waals surface area contributed by atoms with Crippen LogP contribution in [0.4, 0.5) is 4.79 Å². The quantitative estimate of drug-likeness (QED) is 0.652. The zero-order valence-electron chi connectivity index (χ0n) is 10.5. The van der Waals surface area contributed by atoms with Crippen molar-refractivity contribution in [3.63, 3.8) is 0 Å². The van der Waals surface area contributed by atoms with E-state index in [1.165, 1.54) is 0 Å². The van der Waals surface area contributed by atoms with Gasteiger partial charge >= 0.3 is 6.09 Å². The highest BCUT2D eigenvalue weighted by Crippen LogP contribution is 2.17. The smallest absolute Gasteiger partial charge is 0.410 e. The third-order valence-electron chi connectivity index (χ3n) is 1.74. The molecule has 0 fully saturated rings. The molecule has 0 radical (unpaired) electrons. The highest BCUT2D eigenvalue weighted by atomic mass is 16.6. The molecule has 0 heterocycles. The minimum Gasteiger partial charge on any atom is -0.444 e. The maximum Gasteiger partial charge on any atom is 0.410 e. The first-order valence-electron chi connectivity index (χ1n) is 5.08. The molecule has 14 heavy (non-hydrogen) atoms. The molecule has 0 saturated carbocycles. The van der Waals surface area contributed by atoms with Crippen LogP contribution in [0.1, 0.15) is 48.5 Å². The van der Waals surface area contributed by atoms with Gasteiger partial charge in [-0.25, -0.2) is 4.79 Å². The van der Waals surface area contributed by atoms with Crippen LogP contribution in [0.15, 0.2) is 0 Å². The number of hydrogen-bond donors (Lipinski definition) is 0. The molecule has 0 aromatic rings. The van der Waals surface area contributed by atoms with Crippen molar-refractivity contribution in [2.24, 2.45) is 0 Å². The Balaban J connectivity index is 4.50. The normalized spacial score (nSPS) is 12.5. The van der Waals surface area contributed by atoms with Crippen molar-refractivity contribution < 1.29 is 9.53 Å². The SMILES string of the molecule is CCN(C(=O)OC(C)(C)C)C(C)(C)C. The van der Waals surface area contributed by atoms with Crippen LogP contribution >= 0.6 is 0 Å². The van der Waals surface area contributed by atoms with Crippen LogP contribution in [0.3, 0.4) is 0 Å². The Labute approximate surface area is 87.4 Å². The second kappa shape index (κ2) is 4.20. The van der Waals surface area contributed by atoms with E-state index >= 15 is 0 Å². The third-order valence-corrected chi connectivity index (χ3v) is 1.74. The summed E-state index contributed by atoms with van der Waals surface area (Å²) in [6.07, 6.45) is -0.243. The lowest BCUT2D eigenvalue weighted by molar-refractivity contribution is 0.00791. The van der Waals surface area contributed by atoms with Gasteiger partial charge in [-0.2, -0.15) is 0 Å². The standard InChI is InChI=1S/C11H23NO2/c1-8-12(10(2,3)4)9(13)14-11(5,6)7/h8H2,1-7H3. The zero-order valence-corrected chi connectivity index (χ0v) is 10.5. The van der Waals surface area contributed by atoms with E-state index < -0.39 is 5.60 Å². The number of carbonyl (C=O) groups excluding carboxylic acids is 1. The molecule has 3 heteroatoms. The summed E-state index contributed by atoms with van der Waals surface area (Å²) in [6, 6.07) is 0. The van der Waals surface area contributed by atoms with Crippen LogP contribution in [0.25, 0.3) is 0 Å². The van der Waals surface area contributed by atoms with Gasteiger partial charge in [0.1, 0.15) is 5.60 Å². The van der Waals surface area contributed by atoms with Crippen LogP contribution in [-0.2, 0) is 4.74 Å². The van der Waals surface area contributed by atoms with Gasteiger partial charge in [0.25, 0.3) is 0 Å². The Hall–Kier alpha value is -0.730. The lowest BCUT2D eigenvalue weighted by Gasteiger charge is -2.35. The van der Waals surface area contributed by atoms with E-state index in [0.29, 0.717) is 6.54 Å². The first-order valence-corrected chi connectivity index (χ1v) is 5.08. The number of hydrogen-bond acceptors (Lipinski definition) is 2. The maximum absolute atomic E-state index is 11.7. The predicted molar refractivity (Wildman–Crippen MR) is 58.4 cm³/mol. The molecular formula is C11H23NO2. The minimum atomic E-state index is -0.421. The van der Waals surface area contributed by atoms with Crippen molar-refractivity contribution >= 4 is 6.09 Å². The Morgan fingerprint density at radius 3 is 1.79 bits per heavy atom. The second-order valence-electron chi connectivity index (χ2n) is 5.40. The summed E-state index contributed by atoms with van der Waals surface area (Å²) in [7, 11) is 0. The molecule has 0 saturated heterocycles. The highest BCUT2D eigenvalue weighted by molar-refractivity contribution is 5.69. The van der Waals surface area contributed by atoms with Crippen LogP contribution < -0.4 is 0 Å². The summed E-state index contributed by atoms with van der Waals surface area (Å²) in [5, 5.41) is 0. The molecule has 84 valence electrons. The van der Waals surface area contributed by atoms with Gasteiger partial charge in [-0.3, -0.25) is 0 Å². The van der Waals surface area contributed by atoms with Gasteiger partial charge in [0, 0.05) is 12.1 Å². The Kier molecular flexibility index (Phi) is 3.98. The van der Waals surface area contributed by atoms with Gasteiger partial charge in [-0.05, 0) is 48.5 Å². The molecule has 0 unspecified atom stereocenters. The van der Waals surface area contributed by atoms with Crippen molar-refractivity contribution in [3.8, 4) is 0 Å². The fraction of sp³-hybridized carbons (Fsp3) is 0.909. The maximum atomic E-state index is 11.7. The van der Waals surface area contributed by atoms with E-state index in [4.69, 9.17) is 4.74 Å². The molecule has 0 atom stereocenters. The Morgan fingerprint density at radius 1 is 1.14 bits per heavy atom. The van der Waals surface area contributed by atoms with E-state index in [0.717, 1.165) is 0 Å². The van der Waals surface area contributed by atoms with Crippen LogP contribution in [0, 0.1) is 0 Å². The first-order chi connectivity index (χ1) is 6.08. The molecule has 0 aliphatic rings. The summed E-state index contributed by atoms with van der Waals surface area (Å²) < 4.78 is 5.30. The molecule has 0 N–H and O–H groups in total. The van der Waals surface area contributed by atoms with Gasteiger partial charge in [-0.1, -0.05) is 0 Å². The van der Waals surface area contributed by atoms with Crippen LogP contribution in [-0.4, -0.2) is 28.7 Å². The van der Waals surface area contributed by atoms with Gasteiger partial charge in [0.15, 0.2) is 0 Å². The molecule has 0 spiro atoms. The van der Waals surface area contributed by atoms with Crippen LogP contribution in [0.5, 0.6) is 0 Å². The van der Waals surface area contributed by atoms with Gasteiger partial charge < -0.3 is 9.64 Å². The molecule has 0 aromatic carbocycles. The van der Waals surface area contributed by atoms with Crippen molar-refractivity contribution in [1.82, 2.24) is 4.90 Å². The van der Waals surface area contributed by atoms with Gasteiger partial charge in [-0.15, -0.1) is 0 Å². The van der Waals surface area contributed by atoms with E-state index in [1.807, 2.05) is 48.5 Å². The average Bonchev–Trinajstić information content (AvgIpc) is 1.79. The summed E-state index contributed by atoms with van der Waals surface area (Å²) in [4.78, 5) is 13.5. The fourth-order valence-corrected chi connectivity index (χ4v) is 1.19. The number of amides is 1. The lowest BCUT2D eigenvalue weighted by Crippen LogP contribution is -2.47. The van der Waals surface area contributed by atoms with E-state index in [-0.39, 0.29) is 11.6 Å². The lowest BCUT2D eigenvalue weighted by atomic mass is 10.1. The van der Waals surface area contributed by atoms with Gasteiger partial charge in [0.2, 0.25) is 0 Å². The number of ether oxygens (including phenoxy) is 1. The van der Waals surface area contributed by atoms with E-state index in [9.17, 15) is 4.79 Å². The molecular weight excluding hydrogens is 178 g/mol. The third kappa shape index (κ3) is 4.49. The zero-order chi connectivity index (χ0) is 11.6.